The maximum absolute atomic E-state index is 9.75. The fraction of sp³-hybridized carbons (Fsp3) is 1.00. The van der Waals surface area contributed by atoms with Gasteiger partial charge in [0.2, 0.25) is 0 Å². The Labute approximate surface area is 125 Å². The van der Waals surface area contributed by atoms with Gasteiger partial charge in [-0.1, -0.05) is 27.7 Å². The molecule has 0 saturated heterocycles. The van der Waals surface area contributed by atoms with Gasteiger partial charge in [0, 0.05) is 24.7 Å². The molecule has 0 aliphatic rings. The van der Waals surface area contributed by atoms with Gasteiger partial charge in [-0.3, -0.25) is 4.90 Å². The molecule has 0 aromatic carbocycles. The molecule has 0 aliphatic carbocycles. The van der Waals surface area contributed by atoms with Gasteiger partial charge in [-0.15, -0.1) is 0 Å². The third-order valence-electron chi connectivity index (χ3n) is 4.11. The predicted octanol–water partition coefficient (Wildman–Crippen LogP) is 2.26. The molecular weight excluding hydrogens is 252 g/mol. The number of aliphatic hydroxyl groups is 1. The van der Waals surface area contributed by atoms with Crippen LogP contribution in [-0.4, -0.2) is 61.0 Å². The van der Waals surface area contributed by atoms with E-state index in [0.29, 0.717) is 12.1 Å². The average molecular weight is 288 g/mol. The van der Waals surface area contributed by atoms with E-state index in [9.17, 15) is 5.11 Å². The van der Waals surface area contributed by atoms with Crippen LogP contribution >= 0.6 is 0 Å². The zero-order valence-corrected chi connectivity index (χ0v) is 14.4. The Bertz CT molecular complexity index is 231. The van der Waals surface area contributed by atoms with Crippen molar-refractivity contribution in [3.05, 3.63) is 0 Å². The molecule has 0 aliphatic heterocycles. The van der Waals surface area contributed by atoms with Crippen molar-refractivity contribution in [3.63, 3.8) is 0 Å². The van der Waals surface area contributed by atoms with Crippen LogP contribution in [0.15, 0.2) is 0 Å². The summed E-state index contributed by atoms with van der Waals surface area (Å²) in [5.74, 6) is 0. The molecule has 122 valence electrons. The van der Waals surface area contributed by atoms with Gasteiger partial charge in [0.15, 0.2) is 0 Å². The van der Waals surface area contributed by atoms with Gasteiger partial charge >= 0.3 is 0 Å². The average Bonchev–Trinajstić information content (AvgIpc) is 2.42. The Morgan fingerprint density at radius 3 is 2.30 bits per heavy atom. The maximum atomic E-state index is 9.75. The van der Waals surface area contributed by atoms with Gasteiger partial charge in [0.05, 0.1) is 13.2 Å². The molecule has 20 heavy (non-hydrogen) atoms. The summed E-state index contributed by atoms with van der Waals surface area (Å²) in [4.78, 5) is 2.44. The number of ether oxygens (including phenoxy) is 1. The minimum Gasteiger partial charge on any atom is -0.394 e. The SMILES string of the molecule is CCN(CCCC(CC)(CO)NC(C)C)C(C)COC. The van der Waals surface area contributed by atoms with Gasteiger partial charge in [0.25, 0.3) is 0 Å². The normalized spacial score (nSPS) is 16.6. The van der Waals surface area contributed by atoms with Crippen molar-refractivity contribution >= 4 is 0 Å². The molecule has 2 unspecified atom stereocenters. The number of nitrogens with one attached hydrogen (secondary N) is 1. The molecule has 2 atom stereocenters. The molecule has 4 nitrogen and oxygen atoms in total. The number of likely N-dealkylation sites (N-methyl/N-ethyl adjacent to an activating group) is 1. The molecule has 0 rings (SSSR count). The van der Waals surface area contributed by atoms with Crippen molar-refractivity contribution in [2.75, 3.05) is 33.4 Å². The van der Waals surface area contributed by atoms with Crippen LogP contribution in [0.1, 0.15) is 53.9 Å². The van der Waals surface area contributed by atoms with Crippen LogP contribution in [0.25, 0.3) is 0 Å². The lowest BCUT2D eigenvalue weighted by molar-refractivity contribution is 0.0927. The lowest BCUT2D eigenvalue weighted by Gasteiger charge is -2.35. The van der Waals surface area contributed by atoms with E-state index >= 15 is 0 Å². The van der Waals surface area contributed by atoms with Gasteiger partial charge in [-0.2, -0.15) is 0 Å². The molecule has 0 radical (unpaired) electrons. The number of methoxy groups -OCH3 is 1. The highest BCUT2D eigenvalue weighted by Gasteiger charge is 2.27. The quantitative estimate of drug-likeness (QED) is 0.578. The Morgan fingerprint density at radius 2 is 1.90 bits per heavy atom. The molecule has 0 heterocycles. The van der Waals surface area contributed by atoms with E-state index in [4.69, 9.17) is 4.74 Å². The van der Waals surface area contributed by atoms with Crippen molar-refractivity contribution in [3.8, 4) is 0 Å². The second kappa shape index (κ2) is 10.6. The smallest absolute Gasteiger partial charge is 0.0615 e. The molecule has 4 heteroatoms. The van der Waals surface area contributed by atoms with E-state index in [1.165, 1.54) is 0 Å². The minimum atomic E-state index is -0.127. The van der Waals surface area contributed by atoms with Crippen molar-refractivity contribution in [2.24, 2.45) is 0 Å². The van der Waals surface area contributed by atoms with E-state index in [2.05, 4.69) is 44.8 Å². The van der Waals surface area contributed by atoms with Crippen LogP contribution in [0.3, 0.4) is 0 Å². The summed E-state index contributed by atoms with van der Waals surface area (Å²) in [7, 11) is 1.75. The number of aliphatic hydroxyl groups excluding tert-OH is 1. The monoisotopic (exact) mass is 288 g/mol. The molecular formula is C16H36N2O2. The topological polar surface area (TPSA) is 44.7 Å². The van der Waals surface area contributed by atoms with Crippen LogP contribution < -0.4 is 5.32 Å². The Kier molecular flexibility index (Phi) is 10.5. The molecule has 0 aromatic heterocycles. The molecule has 0 aromatic rings. The number of rotatable bonds is 12. The van der Waals surface area contributed by atoms with E-state index in [-0.39, 0.29) is 12.1 Å². The van der Waals surface area contributed by atoms with Gasteiger partial charge in [0.1, 0.15) is 0 Å². The largest absolute Gasteiger partial charge is 0.394 e. The van der Waals surface area contributed by atoms with Crippen molar-refractivity contribution in [1.82, 2.24) is 10.2 Å². The fourth-order valence-corrected chi connectivity index (χ4v) is 2.86. The van der Waals surface area contributed by atoms with Crippen LogP contribution in [-0.2, 0) is 4.74 Å². The summed E-state index contributed by atoms with van der Waals surface area (Å²) < 4.78 is 5.23. The van der Waals surface area contributed by atoms with Crippen LogP contribution in [0.5, 0.6) is 0 Å². The molecule has 0 amide bonds. The summed E-state index contributed by atoms with van der Waals surface area (Å²) in [6.07, 6.45) is 3.06. The van der Waals surface area contributed by atoms with E-state index in [0.717, 1.165) is 39.0 Å². The maximum Gasteiger partial charge on any atom is 0.0615 e. The highest BCUT2D eigenvalue weighted by molar-refractivity contribution is 4.87. The Morgan fingerprint density at radius 1 is 1.25 bits per heavy atom. The first-order valence-corrected chi connectivity index (χ1v) is 8.06. The zero-order chi connectivity index (χ0) is 15.6. The zero-order valence-electron chi connectivity index (χ0n) is 14.4. The standard InChI is InChI=1S/C16H36N2O2/c1-7-16(13-19,17-14(3)4)10-9-11-18(8-2)15(5)12-20-6/h14-15,17,19H,7-13H2,1-6H3. The van der Waals surface area contributed by atoms with Gasteiger partial charge < -0.3 is 15.2 Å². The van der Waals surface area contributed by atoms with Crippen LogP contribution in [0, 0.1) is 0 Å². The van der Waals surface area contributed by atoms with Gasteiger partial charge in [-0.05, 0) is 39.3 Å². The van der Waals surface area contributed by atoms with Crippen LogP contribution in [0.2, 0.25) is 0 Å². The summed E-state index contributed by atoms with van der Waals surface area (Å²) in [5.41, 5.74) is -0.127. The fourth-order valence-electron chi connectivity index (χ4n) is 2.86. The first-order chi connectivity index (χ1) is 9.44. The van der Waals surface area contributed by atoms with Crippen molar-refractivity contribution in [2.45, 2.75) is 71.5 Å². The molecule has 0 spiro atoms. The highest BCUT2D eigenvalue weighted by Crippen LogP contribution is 2.18. The molecule has 0 bridgehead atoms. The Balaban J connectivity index is 4.33. The highest BCUT2D eigenvalue weighted by atomic mass is 16.5. The first-order valence-electron chi connectivity index (χ1n) is 8.06. The third-order valence-corrected chi connectivity index (χ3v) is 4.11. The van der Waals surface area contributed by atoms with E-state index < -0.39 is 0 Å². The molecule has 0 saturated carbocycles. The lowest BCUT2D eigenvalue weighted by Crippen LogP contribution is -2.51. The number of nitrogens with zero attached hydrogens (tertiary/aromatic N) is 1. The van der Waals surface area contributed by atoms with Crippen molar-refractivity contribution < 1.29 is 9.84 Å². The van der Waals surface area contributed by atoms with E-state index in [1.54, 1.807) is 7.11 Å². The number of hydrogen-bond acceptors (Lipinski definition) is 4. The lowest BCUT2D eigenvalue weighted by atomic mass is 9.90. The second-order valence-corrected chi connectivity index (χ2v) is 6.13. The summed E-state index contributed by atoms with van der Waals surface area (Å²) in [6, 6.07) is 0.852. The minimum absolute atomic E-state index is 0.127. The second-order valence-electron chi connectivity index (χ2n) is 6.13. The van der Waals surface area contributed by atoms with Crippen molar-refractivity contribution in [1.29, 1.82) is 0 Å². The molecule has 0 fully saturated rings. The predicted molar refractivity (Wildman–Crippen MR) is 86.2 cm³/mol. The summed E-state index contributed by atoms with van der Waals surface area (Å²) in [5, 5.41) is 13.3. The third kappa shape index (κ3) is 7.02. The van der Waals surface area contributed by atoms with Crippen LogP contribution in [0.4, 0.5) is 0 Å². The number of hydrogen-bond donors (Lipinski definition) is 2. The summed E-state index contributed by atoms with van der Waals surface area (Å²) >= 11 is 0. The van der Waals surface area contributed by atoms with Gasteiger partial charge in [-0.25, -0.2) is 0 Å². The molecule has 2 N–H and O–H groups in total. The summed E-state index contributed by atoms with van der Waals surface area (Å²) in [6.45, 7) is 13.9. The Hall–Kier alpha value is -0.160. The first kappa shape index (κ1) is 19.8. The van der Waals surface area contributed by atoms with E-state index in [1.807, 2.05) is 0 Å².